The fraction of sp³-hybridized carbons (Fsp3) is 1.00. The fourth-order valence-corrected chi connectivity index (χ4v) is 2.10. The van der Waals surface area contributed by atoms with Gasteiger partial charge in [0, 0.05) is 25.7 Å². The molecule has 0 bridgehead atoms. The van der Waals surface area contributed by atoms with E-state index >= 15 is 0 Å². The van der Waals surface area contributed by atoms with Crippen LogP contribution in [0, 0.1) is 0 Å². The molecule has 0 aromatic heterocycles. The molecule has 3 nitrogen and oxygen atoms in total. The van der Waals surface area contributed by atoms with Gasteiger partial charge in [-0.3, -0.25) is 4.90 Å². The lowest BCUT2D eigenvalue weighted by Crippen LogP contribution is -2.46. The van der Waals surface area contributed by atoms with Gasteiger partial charge in [-0.25, -0.2) is 0 Å². The van der Waals surface area contributed by atoms with E-state index in [1.807, 2.05) is 0 Å². The van der Waals surface area contributed by atoms with E-state index in [1.54, 1.807) is 7.11 Å². The lowest BCUT2D eigenvalue weighted by Gasteiger charge is -2.31. The average Bonchev–Trinajstić information content (AvgIpc) is 3.05. The standard InChI is InChI=1S/C12H26N2O/c1-4-8-14(11-6-7-11)12(10-15-3)9-13-5-2/h11-13H,4-10H2,1-3H3. The molecule has 0 aliphatic heterocycles. The highest BCUT2D eigenvalue weighted by molar-refractivity contribution is 4.89. The van der Waals surface area contributed by atoms with Crippen molar-refractivity contribution in [2.75, 3.05) is 33.4 Å². The molecule has 1 unspecified atom stereocenters. The third kappa shape index (κ3) is 4.49. The van der Waals surface area contributed by atoms with Crippen LogP contribution in [-0.4, -0.2) is 50.3 Å². The maximum atomic E-state index is 5.32. The van der Waals surface area contributed by atoms with Crippen molar-refractivity contribution in [2.24, 2.45) is 0 Å². The third-order valence-electron chi connectivity index (χ3n) is 2.96. The summed E-state index contributed by atoms with van der Waals surface area (Å²) < 4.78 is 5.32. The maximum absolute atomic E-state index is 5.32. The van der Waals surface area contributed by atoms with E-state index in [-0.39, 0.29) is 0 Å². The molecule has 0 aromatic rings. The number of rotatable bonds is 9. The summed E-state index contributed by atoms with van der Waals surface area (Å²) in [6.07, 6.45) is 4.00. The van der Waals surface area contributed by atoms with Crippen LogP contribution in [0.1, 0.15) is 33.1 Å². The van der Waals surface area contributed by atoms with Crippen molar-refractivity contribution in [3.05, 3.63) is 0 Å². The normalized spacial score (nSPS) is 18.4. The predicted octanol–water partition coefficient (Wildman–Crippen LogP) is 1.49. The summed E-state index contributed by atoms with van der Waals surface area (Å²) >= 11 is 0. The van der Waals surface area contributed by atoms with E-state index in [4.69, 9.17) is 4.74 Å². The summed E-state index contributed by atoms with van der Waals surface area (Å²) in [4.78, 5) is 2.63. The zero-order valence-electron chi connectivity index (χ0n) is 10.5. The minimum atomic E-state index is 0.558. The summed E-state index contributed by atoms with van der Waals surface area (Å²) in [5, 5.41) is 3.43. The highest BCUT2D eigenvalue weighted by Gasteiger charge is 2.32. The van der Waals surface area contributed by atoms with Crippen molar-refractivity contribution >= 4 is 0 Å². The molecule has 0 radical (unpaired) electrons. The molecule has 1 aliphatic rings. The van der Waals surface area contributed by atoms with Crippen molar-refractivity contribution in [3.63, 3.8) is 0 Å². The monoisotopic (exact) mass is 214 g/mol. The van der Waals surface area contributed by atoms with Crippen molar-refractivity contribution in [3.8, 4) is 0 Å². The Balaban J connectivity index is 2.40. The second-order valence-electron chi connectivity index (χ2n) is 4.39. The van der Waals surface area contributed by atoms with Crippen molar-refractivity contribution in [2.45, 2.75) is 45.2 Å². The molecule has 1 saturated carbocycles. The van der Waals surface area contributed by atoms with Gasteiger partial charge < -0.3 is 10.1 Å². The summed E-state index contributed by atoms with van der Waals surface area (Å²) in [7, 11) is 1.80. The number of methoxy groups -OCH3 is 1. The molecule has 0 aromatic carbocycles. The van der Waals surface area contributed by atoms with Crippen LogP contribution >= 0.6 is 0 Å². The van der Waals surface area contributed by atoms with E-state index < -0.39 is 0 Å². The van der Waals surface area contributed by atoms with Crippen LogP contribution in [0.25, 0.3) is 0 Å². The molecule has 0 amide bonds. The van der Waals surface area contributed by atoms with Gasteiger partial charge in [0.15, 0.2) is 0 Å². The lowest BCUT2D eigenvalue weighted by molar-refractivity contribution is 0.0841. The summed E-state index contributed by atoms with van der Waals surface area (Å²) in [6, 6.07) is 1.39. The minimum Gasteiger partial charge on any atom is -0.383 e. The molecular weight excluding hydrogens is 188 g/mol. The Morgan fingerprint density at radius 2 is 2.13 bits per heavy atom. The number of nitrogens with zero attached hydrogens (tertiary/aromatic N) is 1. The van der Waals surface area contributed by atoms with Crippen LogP contribution in [0.2, 0.25) is 0 Å². The molecule has 1 rings (SSSR count). The topological polar surface area (TPSA) is 24.5 Å². The molecule has 0 heterocycles. The van der Waals surface area contributed by atoms with Crippen molar-refractivity contribution in [1.29, 1.82) is 0 Å². The van der Waals surface area contributed by atoms with Gasteiger partial charge in [-0.05, 0) is 32.4 Å². The zero-order chi connectivity index (χ0) is 11.1. The molecule has 1 fully saturated rings. The predicted molar refractivity (Wildman–Crippen MR) is 64.2 cm³/mol. The van der Waals surface area contributed by atoms with Gasteiger partial charge in [0.2, 0.25) is 0 Å². The molecule has 1 aliphatic carbocycles. The van der Waals surface area contributed by atoms with Crippen LogP contribution in [0.4, 0.5) is 0 Å². The first-order valence-electron chi connectivity index (χ1n) is 6.28. The molecule has 1 N–H and O–H groups in total. The van der Waals surface area contributed by atoms with Crippen LogP contribution < -0.4 is 5.32 Å². The molecule has 90 valence electrons. The quantitative estimate of drug-likeness (QED) is 0.629. The van der Waals surface area contributed by atoms with E-state index in [9.17, 15) is 0 Å². The first-order valence-corrected chi connectivity index (χ1v) is 6.28. The molecule has 15 heavy (non-hydrogen) atoms. The second kappa shape index (κ2) is 7.20. The summed E-state index contributed by atoms with van der Waals surface area (Å²) in [5.41, 5.74) is 0. The zero-order valence-corrected chi connectivity index (χ0v) is 10.5. The van der Waals surface area contributed by atoms with E-state index in [0.717, 1.165) is 25.7 Å². The second-order valence-corrected chi connectivity index (χ2v) is 4.39. The number of hydrogen-bond donors (Lipinski definition) is 1. The van der Waals surface area contributed by atoms with Gasteiger partial charge in [0.05, 0.1) is 6.61 Å². The number of nitrogens with one attached hydrogen (secondary N) is 1. The van der Waals surface area contributed by atoms with Gasteiger partial charge in [0.1, 0.15) is 0 Å². The first-order chi connectivity index (χ1) is 7.33. The molecular formula is C12H26N2O. The molecule has 0 saturated heterocycles. The smallest absolute Gasteiger partial charge is 0.0630 e. The lowest BCUT2D eigenvalue weighted by atomic mass is 10.2. The van der Waals surface area contributed by atoms with Gasteiger partial charge in [-0.15, -0.1) is 0 Å². The highest BCUT2D eigenvalue weighted by atomic mass is 16.5. The third-order valence-corrected chi connectivity index (χ3v) is 2.96. The first kappa shape index (κ1) is 12.9. The maximum Gasteiger partial charge on any atom is 0.0630 e. The molecule has 3 heteroatoms. The Kier molecular flexibility index (Phi) is 6.22. The Morgan fingerprint density at radius 3 is 2.60 bits per heavy atom. The molecule has 1 atom stereocenters. The van der Waals surface area contributed by atoms with E-state index in [2.05, 4.69) is 24.1 Å². The molecule has 0 spiro atoms. The van der Waals surface area contributed by atoms with Crippen LogP contribution in [0.15, 0.2) is 0 Å². The number of likely N-dealkylation sites (N-methyl/N-ethyl adjacent to an activating group) is 1. The highest BCUT2D eigenvalue weighted by Crippen LogP contribution is 2.28. The summed E-state index contributed by atoms with van der Waals surface area (Å²) in [5.74, 6) is 0. The minimum absolute atomic E-state index is 0.558. The SMILES string of the molecule is CCCN(C1CC1)C(CNCC)COC. The Bertz CT molecular complexity index is 160. The number of ether oxygens (including phenoxy) is 1. The number of hydrogen-bond acceptors (Lipinski definition) is 3. The van der Waals surface area contributed by atoms with Gasteiger partial charge in [-0.2, -0.15) is 0 Å². The van der Waals surface area contributed by atoms with E-state index in [0.29, 0.717) is 6.04 Å². The van der Waals surface area contributed by atoms with Crippen LogP contribution in [0.5, 0.6) is 0 Å². The fourth-order valence-electron chi connectivity index (χ4n) is 2.10. The van der Waals surface area contributed by atoms with Gasteiger partial charge in [0.25, 0.3) is 0 Å². The van der Waals surface area contributed by atoms with Crippen molar-refractivity contribution in [1.82, 2.24) is 10.2 Å². The largest absolute Gasteiger partial charge is 0.383 e. The average molecular weight is 214 g/mol. The van der Waals surface area contributed by atoms with Gasteiger partial charge >= 0.3 is 0 Å². The van der Waals surface area contributed by atoms with Crippen LogP contribution in [-0.2, 0) is 4.74 Å². The Hall–Kier alpha value is -0.120. The van der Waals surface area contributed by atoms with Gasteiger partial charge in [-0.1, -0.05) is 13.8 Å². The summed E-state index contributed by atoms with van der Waals surface area (Å²) in [6.45, 7) is 8.58. The van der Waals surface area contributed by atoms with E-state index in [1.165, 1.54) is 25.8 Å². The van der Waals surface area contributed by atoms with Crippen molar-refractivity contribution < 1.29 is 4.74 Å². The Morgan fingerprint density at radius 1 is 1.40 bits per heavy atom. The van der Waals surface area contributed by atoms with Crippen LogP contribution in [0.3, 0.4) is 0 Å². The Labute approximate surface area is 94.2 Å².